The van der Waals surface area contributed by atoms with Gasteiger partial charge in [0.2, 0.25) is 10.0 Å². The van der Waals surface area contributed by atoms with Gasteiger partial charge in [-0.25, -0.2) is 18.2 Å². The molecule has 9 heteroatoms. The van der Waals surface area contributed by atoms with Crippen LogP contribution in [0.2, 0.25) is 0 Å². The van der Waals surface area contributed by atoms with Crippen LogP contribution in [0.1, 0.15) is 10.5 Å². The number of benzene rings is 3. The summed E-state index contributed by atoms with van der Waals surface area (Å²) in [6.07, 6.45) is 0. The Morgan fingerprint density at radius 3 is 2.33 bits per heavy atom. The zero-order valence-electron chi connectivity index (χ0n) is 16.0. The van der Waals surface area contributed by atoms with Gasteiger partial charge in [0, 0.05) is 18.1 Å². The number of primary sulfonamides is 1. The summed E-state index contributed by atoms with van der Waals surface area (Å²) in [5.74, 6) is -0.648. The van der Waals surface area contributed by atoms with E-state index in [4.69, 9.17) is 10.9 Å². The first-order valence-electron chi connectivity index (χ1n) is 9.02. The Hall–Kier alpha value is -3.69. The first kappa shape index (κ1) is 19.6. The van der Waals surface area contributed by atoms with Crippen molar-refractivity contribution in [2.24, 2.45) is 10.9 Å². The Balaban J connectivity index is 1.91. The Labute approximate surface area is 173 Å². The molecule has 152 valence electrons. The number of fused-ring (bicyclic) bond motifs is 1. The lowest BCUT2D eigenvalue weighted by atomic mass is 10.0. The van der Waals surface area contributed by atoms with E-state index in [9.17, 15) is 13.2 Å². The predicted molar refractivity (Wildman–Crippen MR) is 116 cm³/mol. The number of anilines is 1. The molecule has 0 spiro atoms. The molecule has 4 rings (SSSR count). The van der Waals surface area contributed by atoms with Crippen LogP contribution in [-0.2, 0) is 10.0 Å². The topological polar surface area (TPSA) is 133 Å². The minimum Gasteiger partial charge on any atom is -0.388 e. The third kappa shape index (κ3) is 3.51. The van der Waals surface area contributed by atoms with Crippen LogP contribution in [0.15, 0.2) is 71.6 Å². The number of rotatable bonds is 5. The Kier molecular flexibility index (Phi) is 4.76. The largest absolute Gasteiger partial charge is 0.388 e. The molecule has 0 bridgehead atoms. The maximum Gasteiger partial charge on any atom is 0.269 e. The second kappa shape index (κ2) is 7.29. The number of nitrogens with zero attached hydrogens (tertiary/aromatic N) is 2. The van der Waals surface area contributed by atoms with Crippen molar-refractivity contribution < 1.29 is 13.2 Å². The molecule has 1 aromatic heterocycles. The van der Waals surface area contributed by atoms with Gasteiger partial charge >= 0.3 is 0 Å². The number of sulfonamides is 1. The summed E-state index contributed by atoms with van der Waals surface area (Å²) < 4.78 is 24.6. The van der Waals surface area contributed by atoms with Crippen LogP contribution in [0, 0.1) is 0 Å². The van der Waals surface area contributed by atoms with Gasteiger partial charge in [-0.05, 0) is 59.7 Å². The molecule has 0 saturated heterocycles. The zero-order chi connectivity index (χ0) is 21.5. The van der Waals surface area contributed by atoms with E-state index in [-0.39, 0.29) is 10.6 Å². The quantitative estimate of drug-likeness (QED) is 0.455. The maximum atomic E-state index is 11.9. The van der Waals surface area contributed by atoms with Crippen molar-refractivity contribution in [3.05, 3.63) is 72.4 Å². The number of hydrogen-bond acceptors (Lipinski definition) is 5. The molecule has 8 nitrogen and oxygen atoms in total. The highest BCUT2D eigenvalue weighted by Gasteiger charge is 2.17. The lowest BCUT2D eigenvalue weighted by molar-refractivity contribution is 0.0996. The molecule has 0 unspecified atom stereocenters. The highest BCUT2D eigenvalue weighted by Crippen LogP contribution is 2.29. The molecule has 5 N–H and O–H groups in total. The van der Waals surface area contributed by atoms with Gasteiger partial charge in [-0.1, -0.05) is 18.2 Å². The average molecular weight is 421 g/mol. The average Bonchev–Trinajstić information content (AvgIpc) is 3.12. The molecule has 1 heterocycles. The first-order valence-corrected chi connectivity index (χ1v) is 10.6. The van der Waals surface area contributed by atoms with E-state index >= 15 is 0 Å². The molecule has 1 amide bonds. The fourth-order valence-corrected chi connectivity index (χ4v) is 3.82. The van der Waals surface area contributed by atoms with Crippen LogP contribution >= 0.6 is 0 Å². The third-order valence-electron chi connectivity index (χ3n) is 4.81. The number of aromatic nitrogens is 2. The standard InChI is InChI=1S/C21H19N5O3S/c1-24-15-4-2-3-13(11-15)14-5-10-18-19(12-14)26(25-20(18)21(22)27)16-6-8-17(9-7-16)30(23,28)29/h2-12,24H,1H3,(H2,22,27)(H2,23,28,29). The van der Waals surface area contributed by atoms with Crippen LogP contribution in [0.3, 0.4) is 0 Å². The van der Waals surface area contributed by atoms with Crippen molar-refractivity contribution in [3.8, 4) is 16.8 Å². The van der Waals surface area contributed by atoms with Crippen molar-refractivity contribution in [2.45, 2.75) is 4.90 Å². The summed E-state index contributed by atoms with van der Waals surface area (Å²) in [5.41, 5.74) is 9.78. The van der Waals surface area contributed by atoms with E-state index in [1.165, 1.54) is 12.1 Å². The third-order valence-corrected chi connectivity index (χ3v) is 5.74. The minimum atomic E-state index is -3.81. The number of amides is 1. The molecule has 30 heavy (non-hydrogen) atoms. The fourth-order valence-electron chi connectivity index (χ4n) is 3.30. The minimum absolute atomic E-state index is 0.0117. The van der Waals surface area contributed by atoms with Gasteiger partial charge in [-0.15, -0.1) is 0 Å². The second-order valence-corrected chi connectivity index (χ2v) is 8.29. The van der Waals surface area contributed by atoms with E-state index < -0.39 is 15.9 Å². The smallest absolute Gasteiger partial charge is 0.269 e. The highest BCUT2D eigenvalue weighted by atomic mass is 32.2. The van der Waals surface area contributed by atoms with E-state index in [0.717, 1.165) is 16.8 Å². The summed E-state index contributed by atoms with van der Waals surface area (Å²) >= 11 is 0. The van der Waals surface area contributed by atoms with Gasteiger partial charge in [0.15, 0.2) is 5.69 Å². The lowest BCUT2D eigenvalue weighted by Gasteiger charge is -2.08. The van der Waals surface area contributed by atoms with Crippen molar-refractivity contribution in [2.75, 3.05) is 12.4 Å². The molecule has 0 radical (unpaired) electrons. The van der Waals surface area contributed by atoms with Crippen molar-refractivity contribution in [1.29, 1.82) is 0 Å². The number of nitrogens with one attached hydrogen (secondary N) is 1. The van der Waals surface area contributed by atoms with Gasteiger partial charge in [0.1, 0.15) is 0 Å². The summed E-state index contributed by atoms with van der Waals surface area (Å²) in [6, 6.07) is 19.5. The molecule has 3 aromatic carbocycles. The first-order chi connectivity index (χ1) is 14.3. The van der Waals surface area contributed by atoms with Crippen LogP contribution in [0.25, 0.3) is 27.7 Å². The van der Waals surface area contributed by atoms with E-state index in [0.29, 0.717) is 16.6 Å². The van der Waals surface area contributed by atoms with Crippen LogP contribution in [0.4, 0.5) is 5.69 Å². The Bertz CT molecular complexity index is 1380. The lowest BCUT2D eigenvalue weighted by Crippen LogP contribution is -2.13. The van der Waals surface area contributed by atoms with E-state index in [1.807, 2.05) is 43.4 Å². The molecule has 0 fully saturated rings. The van der Waals surface area contributed by atoms with Gasteiger partial charge in [-0.2, -0.15) is 5.10 Å². The molecule has 0 aliphatic heterocycles. The SMILES string of the molecule is CNc1cccc(-c2ccc3c(C(N)=O)nn(-c4ccc(S(N)(=O)=O)cc4)c3c2)c1. The predicted octanol–water partition coefficient (Wildman–Crippen LogP) is 2.48. The van der Waals surface area contributed by atoms with Gasteiger partial charge in [-0.3, -0.25) is 4.79 Å². The fraction of sp³-hybridized carbons (Fsp3) is 0.0476. The summed E-state index contributed by atoms with van der Waals surface area (Å²) in [6.45, 7) is 0. The molecular weight excluding hydrogens is 402 g/mol. The van der Waals surface area contributed by atoms with Gasteiger partial charge in [0.05, 0.1) is 16.1 Å². The molecule has 0 aliphatic rings. The number of nitrogens with two attached hydrogens (primary N) is 2. The molecule has 0 aliphatic carbocycles. The molecule has 0 saturated carbocycles. The molecule has 0 atom stereocenters. The van der Waals surface area contributed by atoms with E-state index in [2.05, 4.69) is 10.4 Å². The summed E-state index contributed by atoms with van der Waals surface area (Å²) in [5, 5.41) is 13.3. The van der Waals surface area contributed by atoms with Gasteiger partial charge in [0.25, 0.3) is 5.91 Å². The van der Waals surface area contributed by atoms with Gasteiger partial charge < -0.3 is 11.1 Å². The molecule has 4 aromatic rings. The highest BCUT2D eigenvalue weighted by molar-refractivity contribution is 7.89. The number of carbonyl (C=O) groups excluding carboxylic acids is 1. The van der Waals surface area contributed by atoms with Crippen LogP contribution in [0.5, 0.6) is 0 Å². The number of hydrogen-bond donors (Lipinski definition) is 3. The summed E-state index contributed by atoms with van der Waals surface area (Å²) in [4.78, 5) is 11.9. The van der Waals surface area contributed by atoms with Crippen LogP contribution < -0.4 is 16.2 Å². The Morgan fingerprint density at radius 1 is 1.00 bits per heavy atom. The number of carbonyl (C=O) groups is 1. The normalized spacial score (nSPS) is 11.5. The van der Waals surface area contributed by atoms with Crippen molar-refractivity contribution in [1.82, 2.24) is 9.78 Å². The monoisotopic (exact) mass is 421 g/mol. The second-order valence-electron chi connectivity index (χ2n) is 6.73. The zero-order valence-corrected chi connectivity index (χ0v) is 16.8. The Morgan fingerprint density at radius 2 is 1.70 bits per heavy atom. The molecular formula is C21H19N5O3S. The van der Waals surface area contributed by atoms with Crippen molar-refractivity contribution in [3.63, 3.8) is 0 Å². The van der Waals surface area contributed by atoms with E-state index in [1.54, 1.807) is 22.9 Å². The summed E-state index contributed by atoms with van der Waals surface area (Å²) in [7, 11) is -1.96. The van der Waals surface area contributed by atoms with Crippen molar-refractivity contribution >= 4 is 32.5 Å². The number of primary amides is 1. The van der Waals surface area contributed by atoms with Crippen LogP contribution in [-0.4, -0.2) is 31.2 Å². The maximum absolute atomic E-state index is 11.9.